The highest BCUT2D eigenvalue weighted by Gasteiger charge is 2.12. The molecular weight excluding hydrogens is 434 g/mol. The highest BCUT2D eigenvalue weighted by Crippen LogP contribution is 2.27. The van der Waals surface area contributed by atoms with Crippen LogP contribution in [0.25, 0.3) is 6.08 Å². The predicted octanol–water partition coefficient (Wildman–Crippen LogP) is 4.65. The number of aryl methyl sites for hydroxylation is 1. The van der Waals surface area contributed by atoms with Crippen LogP contribution in [0.4, 0.5) is 5.82 Å². The number of nitrogens with zero attached hydrogens (tertiary/aromatic N) is 2. The van der Waals surface area contributed by atoms with Crippen molar-refractivity contribution in [1.29, 1.82) is 5.26 Å². The summed E-state index contributed by atoms with van der Waals surface area (Å²) in [6, 6.07) is 15.6. The SMILES string of the molecule is COc1cccc(OCCOc2ccc(/C=C(/C#N)C(=O)Nc3cc(C)on3)cc2Cl)c1. The van der Waals surface area contributed by atoms with E-state index in [0.717, 1.165) is 0 Å². The predicted molar refractivity (Wildman–Crippen MR) is 119 cm³/mol. The van der Waals surface area contributed by atoms with Crippen molar-refractivity contribution in [1.82, 2.24) is 5.16 Å². The molecule has 1 amide bonds. The van der Waals surface area contributed by atoms with Gasteiger partial charge in [0.2, 0.25) is 0 Å². The van der Waals surface area contributed by atoms with Crippen LogP contribution >= 0.6 is 11.6 Å². The van der Waals surface area contributed by atoms with Gasteiger partial charge in [-0.15, -0.1) is 0 Å². The normalized spacial score (nSPS) is 10.9. The Morgan fingerprint density at radius 3 is 2.66 bits per heavy atom. The molecule has 1 N–H and O–H groups in total. The number of methoxy groups -OCH3 is 1. The Labute approximate surface area is 189 Å². The van der Waals surface area contributed by atoms with Crippen LogP contribution in [0.3, 0.4) is 0 Å². The van der Waals surface area contributed by atoms with E-state index in [0.29, 0.717) is 40.2 Å². The molecule has 8 nitrogen and oxygen atoms in total. The second-order valence-corrected chi connectivity index (χ2v) is 6.92. The number of amides is 1. The number of carbonyl (C=O) groups is 1. The van der Waals surface area contributed by atoms with Crippen LogP contribution in [0.15, 0.2) is 58.6 Å². The maximum absolute atomic E-state index is 12.3. The lowest BCUT2D eigenvalue weighted by Gasteiger charge is -2.11. The van der Waals surface area contributed by atoms with E-state index < -0.39 is 5.91 Å². The number of aromatic nitrogens is 1. The van der Waals surface area contributed by atoms with E-state index in [2.05, 4.69) is 10.5 Å². The molecule has 2 aromatic carbocycles. The standard InChI is InChI=1S/C23H20ClN3O5/c1-15-10-22(27-32-15)26-23(28)17(14-25)11-16-6-7-21(20(24)12-16)31-9-8-30-19-5-3-4-18(13-19)29-2/h3-7,10-13H,8-9H2,1-2H3,(H,26,27,28)/b17-11-. The molecule has 0 aliphatic carbocycles. The molecule has 0 radical (unpaired) electrons. The van der Waals surface area contributed by atoms with Crippen molar-refractivity contribution in [2.75, 3.05) is 25.6 Å². The van der Waals surface area contributed by atoms with E-state index in [1.165, 1.54) is 6.08 Å². The number of nitriles is 1. The van der Waals surface area contributed by atoms with Crippen LogP contribution in [-0.2, 0) is 4.79 Å². The number of nitrogens with one attached hydrogen (secondary N) is 1. The smallest absolute Gasteiger partial charge is 0.267 e. The third kappa shape index (κ3) is 6.27. The lowest BCUT2D eigenvalue weighted by Crippen LogP contribution is -2.13. The van der Waals surface area contributed by atoms with Gasteiger partial charge in [0.05, 0.1) is 12.1 Å². The van der Waals surface area contributed by atoms with Crippen LogP contribution in [0.1, 0.15) is 11.3 Å². The fourth-order valence-electron chi connectivity index (χ4n) is 2.65. The van der Waals surface area contributed by atoms with Crippen molar-refractivity contribution in [2.45, 2.75) is 6.92 Å². The van der Waals surface area contributed by atoms with Crippen molar-refractivity contribution in [2.24, 2.45) is 0 Å². The third-order valence-corrected chi connectivity index (χ3v) is 4.45. The third-order valence-electron chi connectivity index (χ3n) is 4.15. The molecule has 1 heterocycles. The summed E-state index contributed by atoms with van der Waals surface area (Å²) in [5.74, 6) is 2.00. The Morgan fingerprint density at radius 2 is 1.97 bits per heavy atom. The summed E-state index contributed by atoms with van der Waals surface area (Å²) in [6.45, 7) is 2.28. The van der Waals surface area contributed by atoms with Gasteiger partial charge in [0.1, 0.15) is 47.9 Å². The van der Waals surface area contributed by atoms with Gasteiger partial charge in [0, 0.05) is 12.1 Å². The minimum Gasteiger partial charge on any atom is -0.497 e. The summed E-state index contributed by atoms with van der Waals surface area (Å²) in [5, 5.41) is 15.8. The molecule has 0 bridgehead atoms. The summed E-state index contributed by atoms with van der Waals surface area (Å²) in [5.41, 5.74) is 0.458. The minimum absolute atomic E-state index is 0.109. The number of carbonyl (C=O) groups excluding carboxylic acids is 1. The molecule has 0 fully saturated rings. The number of ether oxygens (including phenoxy) is 3. The first-order valence-corrected chi connectivity index (χ1v) is 9.92. The fraction of sp³-hybridized carbons (Fsp3) is 0.174. The molecule has 164 valence electrons. The lowest BCUT2D eigenvalue weighted by atomic mass is 10.1. The second kappa shape index (κ2) is 10.9. The van der Waals surface area contributed by atoms with Crippen molar-refractivity contribution in [3.63, 3.8) is 0 Å². The van der Waals surface area contributed by atoms with Gasteiger partial charge in [-0.1, -0.05) is 28.9 Å². The number of rotatable bonds is 9. The van der Waals surface area contributed by atoms with Crippen LogP contribution in [0.5, 0.6) is 17.2 Å². The second-order valence-electron chi connectivity index (χ2n) is 6.51. The summed E-state index contributed by atoms with van der Waals surface area (Å²) in [4.78, 5) is 12.3. The molecule has 0 aliphatic rings. The average molecular weight is 454 g/mol. The number of hydrogen-bond donors (Lipinski definition) is 1. The quantitative estimate of drug-likeness (QED) is 0.285. The van der Waals surface area contributed by atoms with Crippen LogP contribution in [-0.4, -0.2) is 31.4 Å². The van der Waals surface area contributed by atoms with Gasteiger partial charge in [-0.3, -0.25) is 4.79 Å². The van der Waals surface area contributed by atoms with Gasteiger partial charge in [-0.25, -0.2) is 0 Å². The Balaban J connectivity index is 1.57. The zero-order valence-electron chi connectivity index (χ0n) is 17.4. The van der Waals surface area contributed by atoms with Gasteiger partial charge in [0.25, 0.3) is 5.91 Å². The Morgan fingerprint density at radius 1 is 1.19 bits per heavy atom. The zero-order chi connectivity index (χ0) is 22.9. The lowest BCUT2D eigenvalue weighted by molar-refractivity contribution is -0.112. The number of hydrogen-bond acceptors (Lipinski definition) is 7. The molecule has 9 heteroatoms. The zero-order valence-corrected chi connectivity index (χ0v) is 18.2. The monoisotopic (exact) mass is 453 g/mol. The van der Waals surface area contributed by atoms with Crippen molar-refractivity contribution in [3.8, 4) is 23.3 Å². The molecule has 1 aromatic heterocycles. The van der Waals surface area contributed by atoms with E-state index >= 15 is 0 Å². The van der Waals surface area contributed by atoms with Crippen LogP contribution < -0.4 is 19.5 Å². The van der Waals surface area contributed by atoms with E-state index in [1.807, 2.05) is 24.3 Å². The summed E-state index contributed by atoms with van der Waals surface area (Å²) < 4.78 is 21.3. The van der Waals surface area contributed by atoms with E-state index in [-0.39, 0.29) is 18.0 Å². The number of halogens is 1. The summed E-state index contributed by atoms with van der Waals surface area (Å²) in [7, 11) is 1.59. The first-order valence-electron chi connectivity index (χ1n) is 9.54. The molecule has 0 spiro atoms. The maximum Gasteiger partial charge on any atom is 0.267 e. The highest BCUT2D eigenvalue weighted by molar-refractivity contribution is 6.32. The fourth-order valence-corrected chi connectivity index (χ4v) is 2.89. The van der Waals surface area contributed by atoms with E-state index in [9.17, 15) is 10.1 Å². The highest BCUT2D eigenvalue weighted by atomic mass is 35.5. The van der Waals surface area contributed by atoms with Crippen LogP contribution in [0, 0.1) is 18.3 Å². The Kier molecular flexibility index (Phi) is 7.73. The molecule has 0 aliphatic heterocycles. The maximum atomic E-state index is 12.3. The number of benzene rings is 2. The molecule has 0 saturated heterocycles. The van der Waals surface area contributed by atoms with Gasteiger partial charge in [-0.2, -0.15) is 5.26 Å². The van der Waals surface area contributed by atoms with Crippen molar-refractivity contribution in [3.05, 3.63) is 70.5 Å². The molecule has 32 heavy (non-hydrogen) atoms. The van der Waals surface area contributed by atoms with Gasteiger partial charge < -0.3 is 24.1 Å². The van der Waals surface area contributed by atoms with E-state index in [1.54, 1.807) is 44.4 Å². The van der Waals surface area contributed by atoms with Crippen molar-refractivity contribution < 1.29 is 23.5 Å². The molecule has 0 atom stereocenters. The molecule has 3 aromatic rings. The Hall–Kier alpha value is -3.96. The molecule has 0 saturated carbocycles. The Bertz CT molecular complexity index is 1170. The van der Waals surface area contributed by atoms with Gasteiger partial charge >= 0.3 is 0 Å². The van der Waals surface area contributed by atoms with Gasteiger partial charge in [-0.05, 0) is 42.8 Å². The largest absolute Gasteiger partial charge is 0.497 e. The molecular formula is C23H20ClN3O5. The van der Waals surface area contributed by atoms with Gasteiger partial charge in [0.15, 0.2) is 5.82 Å². The summed E-state index contributed by atoms with van der Waals surface area (Å²) in [6.07, 6.45) is 1.42. The van der Waals surface area contributed by atoms with Crippen molar-refractivity contribution >= 4 is 29.4 Å². The molecule has 0 unspecified atom stereocenters. The first-order chi connectivity index (χ1) is 15.5. The first kappa shape index (κ1) is 22.7. The topological polar surface area (TPSA) is 107 Å². The van der Waals surface area contributed by atoms with E-state index in [4.69, 9.17) is 30.3 Å². The van der Waals surface area contributed by atoms with Crippen LogP contribution in [0.2, 0.25) is 5.02 Å². The minimum atomic E-state index is -0.605. The molecule has 3 rings (SSSR count). The summed E-state index contributed by atoms with van der Waals surface area (Å²) >= 11 is 6.29. The average Bonchev–Trinajstić information content (AvgIpc) is 3.20. The number of anilines is 1.